The molecule has 1 amide bonds. The fourth-order valence-corrected chi connectivity index (χ4v) is 1.71. The van der Waals surface area contributed by atoms with Gasteiger partial charge in [0.25, 0.3) is 0 Å². The SMILES string of the molecule is CC(C)(C)OC(=O)NC(C=O)C1CCCCO1. The van der Waals surface area contributed by atoms with E-state index in [9.17, 15) is 9.59 Å². The Kier molecular flexibility index (Phi) is 4.93. The van der Waals surface area contributed by atoms with Gasteiger partial charge in [-0.15, -0.1) is 0 Å². The Hall–Kier alpha value is -1.10. The number of carbonyl (C=O) groups is 2. The van der Waals surface area contributed by atoms with Crippen molar-refractivity contribution in [1.82, 2.24) is 5.32 Å². The summed E-state index contributed by atoms with van der Waals surface area (Å²) in [5.74, 6) is 0. The number of carbonyl (C=O) groups excluding carboxylic acids is 2. The molecule has 1 aliphatic rings. The maximum atomic E-state index is 11.5. The van der Waals surface area contributed by atoms with E-state index in [1.165, 1.54) is 0 Å². The summed E-state index contributed by atoms with van der Waals surface area (Å²) in [5.41, 5.74) is -0.565. The molecule has 1 heterocycles. The van der Waals surface area contributed by atoms with E-state index >= 15 is 0 Å². The van der Waals surface area contributed by atoms with Crippen LogP contribution in [-0.2, 0) is 14.3 Å². The van der Waals surface area contributed by atoms with Crippen LogP contribution in [0, 0.1) is 0 Å². The fourth-order valence-electron chi connectivity index (χ4n) is 1.71. The lowest BCUT2D eigenvalue weighted by molar-refractivity contribution is -0.114. The fraction of sp³-hybridized carbons (Fsp3) is 0.833. The van der Waals surface area contributed by atoms with Gasteiger partial charge in [-0.1, -0.05) is 0 Å². The van der Waals surface area contributed by atoms with E-state index in [0.29, 0.717) is 12.9 Å². The molecule has 1 N–H and O–H groups in total. The topological polar surface area (TPSA) is 64.6 Å². The summed E-state index contributed by atoms with van der Waals surface area (Å²) in [5, 5.41) is 2.54. The number of rotatable bonds is 3. The van der Waals surface area contributed by atoms with E-state index in [4.69, 9.17) is 9.47 Å². The Morgan fingerprint density at radius 2 is 2.18 bits per heavy atom. The lowest BCUT2D eigenvalue weighted by Gasteiger charge is -2.28. The highest BCUT2D eigenvalue weighted by molar-refractivity contribution is 5.73. The molecule has 17 heavy (non-hydrogen) atoms. The first-order valence-corrected chi connectivity index (χ1v) is 5.99. The molecule has 2 atom stereocenters. The second-order valence-electron chi connectivity index (χ2n) is 5.21. The zero-order valence-electron chi connectivity index (χ0n) is 10.7. The molecule has 0 aromatic carbocycles. The van der Waals surface area contributed by atoms with Gasteiger partial charge in [-0.3, -0.25) is 0 Å². The third-order valence-corrected chi connectivity index (χ3v) is 2.45. The average molecular weight is 243 g/mol. The minimum Gasteiger partial charge on any atom is -0.444 e. The molecular weight excluding hydrogens is 222 g/mol. The highest BCUT2D eigenvalue weighted by Gasteiger charge is 2.27. The van der Waals surface area contributed by atoms with Crippen molar-refractivity contribution in [3.05, 3.63) is 0 Å². The minimum absolute atomic E-state index is 0.228. The Balaban J connectivity index is 2.45. The summed E-state index contributed by atoms with van der Waals surface area (Å²) in [4.78, 5) is 22.5. The van der Waals surface area contributed by atoms with E-state index in [1.54, 1.807) is 20.8 Å². The molecule has 1 fully saturated rings. The molecule has 0 saturated carbocycles. The first-order valence-electron chi connectivity index (χ1n) is 5.99. The maximum Gasteiger partial charge on any atom is 0.408 e. The Bertz CT molecular complexity index is 266. The van der Waals surface area contributed by atoms with Crippen LogP contribution in [0.2, 0.25) is 0 Å². The Morgan fingerprint density at radius 3 is 2.65 bits per heavy atom. The number of aldehydes is 1. The first-order chi connectivity index (χ1) is 7.92. The molecule has 98 valence electrons. The predicted octanol–water partition coefficient (Wildman–Crippen LogP) is 1.65. The van der Waals surface area contributed by atoms with Crippen molar-refractivity contribution < 1.29 is 19.1 Å². The van der Waals surface area contributed by atoms with Gasteiger partial charge in [0.1, 0.15) is 17.9 Å². The Morgan fingerprint density at radius 1 is 1.47 bits per heavy atom. The second kappa shape index (κ2) is 6.00. The molecule has 2 unspecified atom stereocenters. The van der Waals surface area contributed by atoms with E-state index in [-0.39, 0.29) is 6.10 Å². The molecule has 0 aromatic heterocycles. The number of hydrogen-bond acceptors (Lipinski definition) is 4. The number of amides is 1. The van der Waals surface area contributed by atoms with Crippen molar-refractivity contribution in [3.8, 4) is 0 Å². The quantitative estimate of drug-likeness (QED) is 0.765. The van der Waals surface area contributed by atoms with Gasteiger partial charge >= 0.3 is 6.09 Å². The van der Waals surface area contributed by atoms with Crippen LogP contribution in [-0.4, -0.2) is 36.7 Å². The summed E-state index contributed by atoms with van der Waals surface area (Å²) >= 11 is 0. The molecule has 0 aliphatic carbocycles. The van der Waals surface area contributed by atoms with Crippen LogP contribution in [0.15, 0.2) is 0 Å². The molecule has 1 saturated heterocycles. The van der Waals surface area contributed by atoms with Crippen LogP contribution >= 0.6 is 0 Å². The third-order valence-electron chi connectivity index (χ3n) is 2.45. The van der Waals surface area contributed by atoms with Crippen LogP contribution in [0.1, 0.15) is 40.0 Å². The first kappa shape index (κ1) is 14.0. The zero-order valence-corrected chi connectivity index (χ0v) is 10.7. The van der Waals surface area contributed by atoms with Crippen molar-refractivity contribution in [2.75, 3.05) is 6.61 Å². The Labute approximate surface area is 102 Å². The molecule has 0 aromatic rings. The van der Waals surface area contributed by atoms with Gasteiger partial charge < -0.3 is 19.6 Å². The van der Waals surface area contributed by atoms with Crippen LogP contribution in [0.4, 0.5) is 4.79 Å². The highest BCUT2D eigenvalue weighted by Crippen LogP contribution is 2.15. The summed E-state index contributed by atoms with van der Waals surface area (Å²) < 4.78 is 10.6. The van der Waals surface area contributed by atoms with Crippen molar-refractivity contribution in [2.45, 2.75) is 57.8 Å². The van der Waals surface area contributed by atoms with Crippen molar-refractivity contribution in [1.29, 1.82) is 0 Å². The standard InChI is InChI=1S/C12H21NO4/c1-12(2,3)17-11(15)13-9(8-14)10-6-4-5-7-16-10/h8-10H,4-7H2,1-3H3,(H,13,15). The monoisotopic (exact) mass is 243 g/mol. The largest absolute Gasteiger partial charge is 0.444 e. The van der Waals surface area contributed by atoms with Gasteiger partial charge in [-0.05, 0) is 40.0 Å². The average Bonchev–Trinajstić information content (AvgIpc) is 2.24. The lowest BCUT2D eigenvalue weighted by Crippen LogP contribution is -2.48. The van der Waals surface area contributed by atoms with Crippen molar-refractivity contribution in [3.63, 3.8) is 0 Å². The number of alkyl carbamates (subject to hydrolysis) is 1. The maximum absolute atomic E-state index is 11.5. The smallest absolute Gasteiger partial charge is 0.408 e. The van der Waals surface area contributed by atoms with Gasteiger partial charge in [-0.25, -0.2) is 4.79 Å². The summed E-state index contributed by atoms with van der Waals surface area (Å²) in [7, 11) is 0. The van der Waals surface area contributed by atoms with Crippen LogP contribution < -0.4 is 5.32 Å². The summed E-state index contributed by atoms with van der Waals surface area (Å²) in [6.07, 6.45) is 2.72. The molecule has 1 aliphatic heterocycles. The van der Waals surface area contributed by atoms with Crippen molar-refractivity contribution >= 4 is 12.4 Å². The van der Waals surface area contributed by atoms with E-state index in [1.807, 2.05) is 0 Å². The molecule has 0 bridgehead atoms. The van der Waals surface area contributed by atoms with Crippen LogP contribution in [0.3, 0.4) is 0 Å². The van der Waals surface area contributed by atoms with Crippen LogP contribution in [0.25, 0.3) is 0 Å². The molecule has 1 rings (SSSR count). The van der Waals surface area contributed by atoms with E-state index in [2.05, 4.69) is 5.32 Å². The van der Waals surface area contributed by atoms with Gasteiger partial charge in [-0.2, -0.15) is 0 Å². The summed E-state index contributed by atoms with van der Waals surface area (Å²) in [6.45, 7) is 5.98. The zero-order chi connectivity index (χ0) is 12.9. The van der Waals surface area contributed by atoms with E-state index in [0.717, 1.165) is 19.3 Å². The predicted molar refractivity (Wildman–Crippen MR) is 62.8 cm³/mol. The molecular formula is C12H21NO4. The van der Waals surface area contributed by atoms with E-state index < -0.39 is 17.7 Å². The third kappa shape index (κ3) is 5.17. The normalized spacial score (nSPS) is 22.6. The number of ether oxygens (including phenoxy) is 2. The molecule has 5 nitrogen and oxygen atoms in total. The van der Waals surface area contributed by atoms with Gasteiger partial charge in [0.2, 0.25) is 0 Å². The number of nitrogens with one attached hydrogen (secondary N) is 1. The van der Waals surface area contributed by atoms with Gasteiger partial charge in [0, 0.05) is 6.61 Å². The number of hydrogen-bond donors (Lipinski definition) is 1. The molecule has 5 heteroatoms. The highest BCUT2D eigenvalue weighted by atomic mass is 16.6. The lowest BCUT2D eigenvalue weighted by atomic mass is 10.0. The molecule has 0 radical (unpaired) electrons. The second-order valence-corrected chi connectivity index (χ2v) is 5.21. The van der Waals surface area contributed by atoms with Crippen molar-refractivity contribution in [2.24, 2.45) is 0 Å². The minimum atomic E-state index is -0.620. The molecule has 0 spiro atoms. The van der Waals surface area contributed by atoms with Crippen LogP contribution in [0.5, 0.6) is 0 Å². The summed E-state index contributed by atoms with van der Waals surface area (Å²) in [6, 6.07) is -0.620. The van der Waals surface area contributed by atoms with Gasteiger partial charge in [0.15, 0.2) is 0 Å². The van der Waals surface area contributed by atoms with Gasteiger partial charge in [0.05, 0.1) is 6.10 Å².